The second kappa shape index (κ2) is 8.30. The number of benzene rings is 1. The zero-order valence-corrected chi connectivity index (χ0v) is 17.7. The minimum Gasteiger partial charge on any atom is -0.425 e. The van der Waals surface area contributed by atoms with Crippen molar-refractivity contribution in [3.8, 4) is 0 Å². The van der Waals surface area contributed by atoms with Gasteiger partial charge in [0.2, 0.25) is 0 Å². The van der Waals surface area contributed by atoms with Crippen LogP contribution in [0.4, 0.5) is 0 Å². The molecule has 0 aromatic heterocycles. The molecule has 0 saturated carbocycles. The van der Waals surface area contributed by atoms with Crippen molar-refractivity contribution in [1.29, 1.82) is 0 Å². The normalized spacial score (nSPS) is 17.8. The minimum absolute atomic E-state index is 0.115. The van der Waals surface area contributed by atoms with Crippen molar-refractivity contribution in [2.45, 2.75) is 58.9 Å². The van der Waals surface area contributed by atoms with Gasteiger partial charge in [-0.2, -0.15) is 0 Å². The molecule has 0 aliphatic carbocycles. The van der Waals surface area contributed by atoms with Crippen LogP contribution < -0.4 is 0 Å². The van der Waals surface area contributed by atoms with Crippen LogP contribution in [0, 0.1) is 18.8 Å². The number of ether oxygens (including phenoxy) is 1. The van der Waals surface area contributed by atoms with Gasteiger partial charge in [0.1, 0.15) is 5.76 Å². The van der Waals surface area contributed by atoms with Gasteiger partial charge >= 0.3 is 5.97 Å². The van der Waals surface area contributed by atoms with Gasteiger partial charge in [-0.3, -0.25) is 9.10 Å². The Morgan fingerprint density at radius 3 is 2.22 bits per heavy atom. The molecular formula is C21H29NO4S. The van der Waals surface area contributed by atoms with Gasteiger partial charge < -0.3 is 4.74 Å². The average Bonchev–Trinajstić information content (AvgIpc) is 2.55. The summed E-state index contributed by atoms with van der Waals surface area (Å²) >= 11 is 0. The van der Waals surface area contributed by atoms with E-state index in [0.717, 1.165) is 11.1 Å². The monoisotopic (exact) mass is 391 g/mol. The number of carbonyl (C=O) groups is 1. The lowest BCUT2D eigenvalue weighted by Crippen LogP contribution is -2.41. The molecule has 27 heavy (non-hydrogen) atoms. The van der Waals surface area contributed by atoms with Gasteiger partial charge in [-0.25, -0.2) is 8.42 Å². The summed E-state index contributed by atoms with van der Waals surface area (Å²) in [5.74, 6) is 0.192. The molecule has 0 spiro atoms. The molecule has 1 unspecified atom stereocenters. The first-order valence-corrected chi connectivity index (χ1v) is 10.7. The van der Waals surface area contributed by atoms with Crippen LogP contribution in [0.2, 0.25) is 0 Å². The third-order valence-electron chi connectivity index (χ3n) is 4.47. The summed E-state index contributed by atoms with van der Waals surface area (Å²) in [5.41, 5.74) is 1.93. The van der Waals surface area contributed by atoms with Crippen LogP contribution in [0.5, 0.6) is 0 Å². The Kier molecular flexibility index (Phi) is 6.52. The largest absolute Gasteiger partial charge is 0.425 e. The maximum Gasteiger partial charge on any atom is 0.308 e. The van der Waals surface area contributed by atoms with Crippen LogP contribution in [-0.4, -0.2) is 24.7 Å². The Balaban J connectivity index is 2.59. The number of carbonyl (C=O) groups excluding carboxylic acids is 1. The summed E-state index contributed by atoms with van der Waals surface area (Å²) in [7, 11) is -3.78. The molecule has 0 fully saturated rings. The summed E-state index contributed by atoms with van der Waals surface area (Å²) in [6, 6.07) is 6.48. The van der Waals surface area contributed by atoms with E-state index in [2.05, 4.69) is 13.8 Å². The molecule has 0 N–H and O–H groups in total. The quantitative estimate of drug-likeness (QED) is 0.674. The van der Waals surface area contributed by atoms with E-state index in [9.17, 15) is 13.2 Å². The molecule has 0 saturated heterocycles. The Morgan fingerprint density at radius 2 is 1.74 bits per heavy atom. The first-order chi connectivity index (χ1) is 12.5. The van der Waals surface area contributed by atoms with Gasteiger partial charge in [-0.1, -0.05) is 45.4 Å². The van der Waals surface area contributed by atoms with Gasteiger partial charge in [0, 0.05) is 6.92 Å². The Morgan fingerprint density at radius 1 is 1.15 bits per heavy atom. The molecule has 148 valence electrons. The number of rotatable bonds is 6. The van der Waals surface area contributed by atoms with Crippen molar-refractivity contribution in [1.82, 2.24) is 4.31 Å². The molecular weight excluding hydrogens is 362 g/mol. The number of hydrogen-bond donors (Lipinski definition) is 0. The lowest BCUT2D eigenvalue weighted by molar-refractivity contribution is -0.136. The first-order valence-electron chi connectivity index (χ1n) is 9.24. The second-order valence-corrected chi connectivity index (χ2v) is 9.56. The van der Waals surface area contributed by atoms with Crippen LogP contribution >= 0.6 is 0 Å². The highest BCUT2D eigenvalue weighted by molar-refractivity contribution is 7.89. The Labute approximate surface area is 162 Å². The van der Waals surface area contributed by atoms with Crippen molar-refractivity contribution in [3.63, 3.8) is 0 Å². The summed E-state index contributed by atoms with van der Waals surface area (Å²) in [4.78, 5) is 11.7. The van der Waals surface area contributed by atoms with E-state index in [-0.39, 0.29) is 22.6 Å². The highest BCUT2D eigenvalue weighted by atomic mass is 32.2. The van der Waals surface area contributed by atoms with Crippen molar-refractivity contribution in [2.75, 3.05) is 0 Å². The van der Waals surface area contributed by atoms with Crippen LogP contribution in [0.25, 0.3) is 0 Å². The minimum atomic E-state index is -3.78. The van der Waals surface area contributed by atoms with Crippen molar-refractivity contribution in [3.05, 3.63) is 53.4 Å². The van der Waals surface area contributed by atoms with Crippen LogP contribution in [0.1, 0.15) is 46.6 Å². The zero-order chi connectivity index (χ0) is 20.4. The van der Waals surface area contributed by atoms with E-state index in [1.807, 2.05) is 20.8 Å². The van der Waals surface area contributed by atoms with E-state index in [1.165, 1.54) is 17.4 Å². The fourth-order valence-electron chi connectivity index (χ4n) is 3.19. The fourth-order valence-corrected chi connectivity index (χ4v) is 4.70. The van der Waals surface area contributed by atoms with Crippen molar-refractivity contribution < 1.29 is 17.9 Å². The molecule has 1 aliphatic heterocycles. The maximum atomic E-state index is 13.4. The number of hydrogen-bond acceptors (Lipinski definition) is 4. The molecule has 2 rings (SSSR count). The molecule has 1 aromatic rings. The van der Waals surface area contributed by atoms with E-state index in [4.69, 9.17) is 4.74 Å². The molecule has 1 aromatic carbocycles. The molecule has 0 radical (unpaired) electrons. The fraction of sp³-hybridized carbons (Fsp3) is 0.476. The zero-order valence-electron chi connectivity index (χ0n) is 16.9. The van der Waals surface area contributed by atoms with Gasteiger partial charge in [0.15, 0.2) is 0 Å². The highest BCUT2D eigenvalue weighted by Crippen LogP contribution is 2.34. The molecule has 1 atom stereocenters. The number of esters is 1. The second-order valence-electron chi connectivity index (χ2n) is 7.72. The topological polar surface area (TPSA) is 63.7 Å². The van der Waals surface area contributed by atoms with Crippen molar-refractivity contribution in [2.24, 2.45) is 11.8 Å². The molecule has 0 bridgehead atoms. The van der Waals surface area contributed by atoms with Crippen molar-refractivity contribution >= 4 is 16.0 Å². The van der Waals surface area contributed by atoms with E-state index < -0.39 is 16.0 Å². The SMILES string of the molecule is CC(=O)OC1=CN(S(=O)(=O)c2ccc(C)cc2)C(CC(C)C)C(C(C)C)=C1. The summed E-state index contributed by atoms with van der Waals surface area (Å²) in [5, 5.41) is 0. The standard InChI is InChI=1S/C21H29NO4S/c1-14(2)11-21-20(15(3)4)12-18(26-17(6)23)13-22(21)27(24,25)19-9-7-16(5)8-10-19/h7-10,12-15,21H,11H2,1-6H3. The average molecular weight is 392 g/mol. The number of allylic oxidation sites excluding steroid dienone is 1. The van der Waals surface area contributed by atoms with Gasteiger partial charge in [0.25, 0.3) is 10.0 Å². The van der Waals surface area contributed by atoms with E-state index in [0.29, 0.717) is 12.3 Å². The first kappa shape index (κ1) is 21.2. The third-order valence-corrected chi connectivity index (χ3v) is 6.26. The van der Waals surface area contributed by atoms with Crippen LogP contribution in [0.3, 0.4) is 0 Å². The lowest BCUT2D eigenvalue weighted by Gasteiger charge is -2.37. The third kappa shape index (κ3) is 5.01. The Hall–Kier alpha value is -2.08. The molecule has 1 aliphatic rings. The number of sulfonamides is 1. The smallest absolute Gasteiger partial charge is 0.308 e. The van der Waals surface area contributed by atoms with Crippen LogP contribution in [0.15, 0.2) is 52.8 Å². The summed E-state index contributed by atoms with van der Waals surface area (Å²) in [6.07, 6.45) is 3.93. The van der Waals surface area contributed by atoms with Crippen LogP contribution in [-0.2, 0) is 19.6 Å². The molecule has 6 heteroatoms. The molecule has 0 amide bonds. The van der Waals surface area contributed by atoms with Gasteiger partial charge in [-0.15, -0.1) is 0 Å². The van der Waals surface area contributed by atoms with E-state index >= 15 is 0 Å². The summed E-state index contributed by atoms with van der Waals surface area (Å²) < 4.78 is 33.4. The number of nitrogens with zero attached hydrogens (tertiary/aromatic N) is 1. The summed E-state index contributed by atoms with van der Waals surface area (Å²) in [6.45, 7) is 11.4. The van der Waals surface area contributed by atoms with E-state index in [1.54, 1.807) is 30.3 Å². The predicted molar refractivity (Wildman–Crippen MR) is 106 cm³/mol. The van der Waals surface area contributed by atoms with Gasteiger partial charge in [-0.05, 0) is 49.0 Å². The lowest BCUT2D eigenvalue weighted by atomic mass is 9.88. The van der Waals surface area contributed by atoms with Gasteiger partial charge in [0.05, 0.1) is 17.1 Å². The maximum absolute atomic E-state index is 13.4. The Bertz CT molecular complexity index is 849. The number of aryl methyl sites for hydroxylation is 1. The molecule has 1 heterocycles. The molecule has 5 nitrogen and oxygen atoms in total. The predicted octanol–water partition coefficient (Wildman–Crippen LogP) is 4.40. The highest BCUT2D eigenvalue weighted by Gasteiger charge is 2.36.